The van der Waals surface area contributed by atoms with Crippen LogP contribution in [0.3, 0.4) is 0 Å². The molecular formula is C20H21N3O3. The van der Waals surface area contributed by atoms with Crippen LogP contribution in [-0.2, 0) is 0 Å². The third-order valence-electron chi connectivity index (χ3n) is 4.65. The Hall–Kier alpha value is -2.89. The van der Waals surface area contributed by atoms with Crippen LogP contribution in [0.4, 0.5) is 0 Å². The molecule has 0 atom stereocenters. The number of hydrogen-bond acceptors (Lipinski definition) is 5. The first-order valence-corrected chi connectivity index (χ1v) is 8.83. The van der Waals surface area contributed by atoms with E-state index in [-0.39, 0.29) is 5.91 Å². The minimum absolute atomic E-state index is 0.0674. The van der Waals surface area contributed by atoms with E-state index in [1.54, 1.807) is 11.9 Å². The smallest absolute Gasteiger partial charge is 0.259 e. The Morgan fingerprint density at radius 1 is 1.31 bits per heavy atom. The first-order valence-electron chi connectivity index (χ1n) is 8.83. The standard InChI is InChI=1S/C20H21N3O3/c1-13-18-16(12-17(14-8-9-14)21-19(18)26-22-13)20(24)23(2)10-11-25-15-6-4-3-5-7-15/h3-7,12,14H,8-11H2,1-2H3. The molecule has 0 bridgehead atoms. The second-order valence-electron chi connectivity index (χ2n) is 6.71. The summed E-state index contributed by atoms with van der Waals surface area (Å²) in [6, 6.07) is 11.5. The highest BCUT2D eigenvalue weighted by Gasteiger charge is 2.29. The normalized spacial score (nSPS) is 13.8. The monoisotopic (exact) mass is 351 g/mol. The van der Waals surface area contributed by atoms with Gasteiger partial charge < -0.3 is 14.2 Å². The van der Waals surface area contributed by atoms with Crippen LogP contribution < -0.4 is 4.74 Å². The number of rotatable bonds is 6. The number of fused-ring (bicyclic) bond motifs is 1. The summed E-state index contributed by atoms with van der Waals surface area (Å²) in [5, 5.41) is 4.69. The predicted molar refractivity (Wildman–Crippen MR) is 97.4 cm³/mol. The molecule has 1 aliphatic rings. The Morgan fingerprint density at radius 2 is 2.08 bits per heavy atom. The van der Waals surface area contributed by atoms with Crippen LogP contribution in [0.5, 0.6) is 5.75 Å². The van der Waals surface area contributed by atoms with Gasteiger partial charge in [-0.3, -0.25) is 4.79 Å². The number of likely N-dealkylation sites (N-methyl/N-ethyl adjacent to an activating group) is 1. The molecule has 1 saturated carbocycles. The summed E-state index contributed by atoms with van der Waals surface area (Å²) in [6.07, 6.45) is 2.22. The van der Waals surface area contributed by atoms with E-state index in [0.29, 0.717) is 41.4 Å². The summed E-state index contributed by atoms with van der Waals surface area (Å²) in [6.45, 7) is 2.75. The van der Waals surface area contributed by atoms with Crippen LogP contribution in [0.15, 0.2) is 40.9 Å². The maximum Gasteiger partial charge on any atom is 0.259 e. The van der Waals surface area contributed by atoms with E-state index in [1.807, 2.05) is 43.3 Å². The van der Waals surface area contributed by atoms with Gasteiger partial charge in [0.1, 0.15) is 12.4 Å². The zero-order chi connectivity index (χ0) is 18.1. The molecule has 1 aliphatic carbocycles. The number of carbonyl (C=O) groups excluding carboxylic acids is 1. The molecule has 6 nitrogen and oxygen atoms in total. The van der Waals surface area contributed by atoms with Crippen molar-refractivity contribution in [1.82, 2.24) is 15.0 Å². The van der Waals surface area contributed by atoms with E-state index in [9.17, 15) is 4.79 Å². The minimum atomic E-state index is -0.0674. The van der Waals surface area contributed by atoms with Crippen molar-refractivity contribution in [2.75, 3.05) is 20.2 Å². The number of hydrogen-bond donors (Lipinski definition) is 0. The van der Waals surface area contributed by atoms with E-state index in [2.05, 4.69) is 10.1 Å². The van der Waals surface area contributed by atoms with E-state index >= 15 is 0 Å². The van der Waals surface area contributed by atoms with Gasteiger partial charge in [-0.05, 0) is 38.0 Å². The molecule has 134 valence electrons. The van der Waals surface area contributed by atoms with Gasteiger partial charge in [-0.2, -0.15) is 0 Å². The average Bonchev–Trinajstić information content (AvgIpc) is 3.45. The second-order valence-corrected chi connectivity index (χ2v) is 6.71. The van der Waals surface area contributed by atoms with Crippen LogP contribution in [0.25, 0.3) is 11.1 Å². The molecule has 4 rings (SSSR count). The molecule has 6 heteroatoms. The molecule has 1 amide bonds. The summed E-state index contributed by atoms with van der Waals surface area (Å²) in [5.41, 5.74) is 2.67. The summed E-state index contributed by atoms with van der Waals surface area (Å²) in [4.78, 5) is 19.2. The van der Waals surface area contributed by atoms with Gasteiger partial charge in [-0.15, -0.1) is 0 Å². The Balaban J connectivity index is 1.52. The van der Waals surface area contributed by atoms with Gasteiger partial charge in [0.05, 0.1) is 23.2 Å². The molecule has 3 aromatic rings. The van der Waals surface area contributed by atoms with Crippen LogP contribution in [0, 0.1) is 6.92 Å². The van der Waals surface area contributed by atoms with E-state index in [1.165, 1.54) is 0 Å². The molecule has 0 N–H and O–H groups in total. The topological polar surface area (TPSA) is 68.5 Å². The largest absolute Gasteiger partial charge is 0.492 e. The number of nitrogens with zero attached hydrogens (tertiary/aromatic N) is 3. The highest BCUT2D eigenvalue weighted by molar-refractivity contribution is 6.06. The van der Waals surface area contributed by atoms with Crippen LogP contribution in [0.2, 0.25) is 0 Å². The van der Waals surface area contributed by atoms with Gasteiger partial charge >= 0.3 is 0 Å². The molecule has 0 aliphatic heterocycles. The zero-order valence-corrected chi connectivity index (χ0v) is 14.9. The van der Waals surface area contributed by atoms with Crippen molar-refractivity contribution in [2.24, 2.45) is 0 Å². The number of ether oxygens (including phenoxy) is 1. The molecule has 0 radical (unpaired) electrons. The summed E-state index contributed by atoms with van der Waals surface area (Å²) < 4.78 is 11.0. The molecule has 2 heterocycles. The maximum atomic E-state index is 13.0. The van der Waals surface area contributed by atoms with Crippen LogP contribution >= 0.6 is 0 Å². The van der Waals surface area contributed by atoms with Crippen molar-refractivity contribution in [1.29, 1.82) is 0 Å². The van der Waals surface area contributed by atoms with Gasteiger partial charge in [0, 0.05) is 18.7 Å². The fourth-order valence-corrected chi connectivity index (χ4v) is 2.99. The molecule has 26 heavy (non-hydrogen) atoms. The lowest BCUT2D eigenvalue weighted by Gasteiger charge is -2.18. The molecule has 0 spiro atoms. The summed E-state index contributed by atoms with van der Waals surface area (Å²) in [5.74, 6) is 1.16. The lowest BCUT2D eigenvalue weighted by atomic mass is 10.1. The maximum absolute atomic E-state index is 13.0. The molecule has 1 fully saturated rings. The number of para-hydroxylation sites is 1. The third kappa shape index (κ3) is 3.27. The van der Waals surface area contributed by atoms with E-state index in [0.717, 1.165) is 24.3 Å². The fraction of sp³-hybridized carbons (Fsp3) is 0.350. The lowest BCUT2D eigenvalue weighted by molar-refractivity contribution is 0.0775. The summed E-state index contributed by atoms with van der Waals surface area (Å²) in [7, 11) is 1.78. The number of pyridine rings is 1. The third-order valence-corrected chi connectivity index (χ3v) is 4.65. The average molecular weight is 351 g/mol. The van der Waals surface area contributed by atoms with E-state index in [4.69, 9.17) is 9.26 Å². The quantitative estimate of drug-likeness (QED) is 0.679. The van der Waals surface area contributed by atoms with Crippen molar-refractivity contribution < 1.29 is 14.1 Å². The predicted octanol–water partition coefficient (Wildman–Crippen LogP) is 3.56. The van der Waals surface area contributed by atoms with Gasteiger partial charge in [0.2, 0.25) is 0 Å². The molecule has 1 aromatic carbocycles. The Bertz CT molecular complexity index is 932. The minimum Gasteiger partial charge on any atom is -0.492 e. The Labute approximate surface area is 151 Å². The molecule has 0 unspecified atom stereocenters. The van der Waals surface area contributed by atoms with E-state index < -0.39 is 0 Å². The Kier molecular flexibility index (Phi) is 4.32. The molecule has 2 aromatic heterocycles. The second kappa shape index (κ2) is 6.78. The van der Waals surface area contributed by atoms with Crippen molar-refractivity contribution in [3.8, 4) is 5.75 Å². The summed E-state index contributed by atoms with van der Waals surface area (Å²) >= 11 is 0. The van der Waals surface area contributed by atoms with Gasteiger partial charge in [-0.1, -0.05) is 23.4 Å². The number of benzene rings is 1. The SMILES string of the molecule is Cc1noc2nc(C3CC3)cc(C(=O)N(C)CCOc3ccccc3)c12. The lowest BCUT2D eigenvalue weighted by Crippen LogP contribution is -2.31. The van der Waals surface area contributed by atoms with Gasteiger partial charge in [0.15, 0.2) is 0 Å². The number of carbonyl (C=O) groups is 1. The molecule has 0 saturated heterocycles. The van der Waals surface area contributed by atoms with Crippen molar-refractivity contribution in [3.05, 3.63) is 53.3 Å². The number of amides is 1. The van der Waals surface area contributed by atoms with Crippen molar-refractivity contribution in [2.45, 2.75) is 25.7 Å². The van der Waals surface area contributed by atoms with Crippen LogP contribution in [-0.4, -0.2) is 41.1 Å². The highest BCUT2D eigenvalue weighted by Crippen LogP contribution is 2.40. The Morgan fingerprint density at radius 3 is 2.81 bits per heavy atom. The van der Waals surface area contributed by atoms with Crippen LogP contribution in [0.1, 0.15) is 40.5 Å². The van der Waals surface area contributed by atoms with Gasteiger partial charge in [-0.25, -0.2) is 4.98 Å². The first-order chi connectivity index (χ1) is 12.6. The highest BCUT2D eigenvalue weighted by atomic mass is 16.5. The van der Waals surface area contributed by atoms with Gasteiger partial charge in [0.25, 0.3) is 11.6 Å². The number of aromatic nitrogens is 2. The zero-order valence-electron chi connectivity index (χ0n) is 14.9. The number of aryl methyl sites for hydroxylation is 1. The van der Waals surface area contributed by atoms with Crippen molar-refractivity contribution >= 4 is 17.0 Å². The molecular weight excluding hydrogens is 330 g/mol. The fourth-order valence-electron chi connectivity index (χ4n) is 2.99. The van der Waals surface area contributed by atoms with Crippen molar-refractivity contribution in [3.63, 3.8) is 0 Å². The first kappa shape index (κ1) is 16.6.